The standard InChI is InChI=1S/C17H18ClNO4S/c1-10(2)14-9-15(12(4)16(18)17(14)20)19-23-24(21,22)13-7-5-11(3)6-8-13/h5-10H,1-4H3/b19-15-. The minimum atomic E-state index is -4.04. The number of nitrogens with zero attached hydrogens (tertiary/aromatic N) is 1. The largest absolute Gasteiger partial charge is 0.358 e. The number of Topliss-reactive ketones (excluding diaryl/α,β-unsaturated/α-hetero) is 1. The van der Waals surface area contributed by atoms with E-state index < -0.39 is 10.1 Å². The molecule has 0 N–H and O–H groups in total. The van der Waals surface area contributed by atoms with Gasteiger partial charge in [-0.1, -0.05) is 48.3 Å². The first kappa shape index (κ1) is 18.4. The van der Waals surface area contributed by atoms with Gasteiger partial charge in [-0.3, -0.25) is 9.08 Å². The van der Waals surface area contributed by atoms with Gasteiger partial charge in [-0.15, -0.1) is 0 Å². The van der Waals surface area contributed by atoms with Crippen molar-refractivity contribution < 1.29 is 17.5 Å². The van der Waals surface area contributed by atoms with Gasteiger partial charge in [-0.05, 0) is 38.0 Å². The highest BCUT2D eigenvalue weighted by Crippen LogP contribution is 2.27. The van der Waals surface area contributed by atoms with E-state index in [0.717, 1.165) is 5.56 Å². The molecule has 5 nitrogen and oxygen atoms in total. The van der Waals surface area contributed by atoms with E-state index in [-0.39, 0.29) is 27.3 Å². The Morgan fingerprint density at radius 3 is 2.25 bits per heavy atom. The molecular weight excluding hydrogens is 350 g/mol. The molecular formula is C17H18ClNO4S. The van der Waals surface area contributed by atoms with Crippen LogP contribution in [-0.4, -0.2) is 19.9 Å². The number of carbonyl (C=O) groups excluding carboxylic acids is 1. The Balaban J connectivity index is 2.36. The van der Waals surface area contributed by atoms with Crippen LogP contribution in [0, 0.1) is 12.8 Å². The molecule has 1 aliphatic rings. The van der Waals surface area contributed by atoms with Crippen LogP contribution in [0.4, 0.5) is 0 Å². The summed E-state index contributed by atoms with van der Waals surface area (Å²) in [6, 6.07) is 6.23. The fourth-order valence-corrected chi connectivity index (χ4v) is 3.03. The number of allylic oxidation sites excluding steroid dienone is 4. The van der Waals surface area contributed by atoms with Gasteiger partial charge in [0.25, 0.3) is 0 Å². The molecule has 0 bridgehead atoms. The first-order valence-corrected chi connectivity index (χ1v) is 9.13. The Labute approximate surface area is 146 Å². The summed E-state index contributed by atoms with van der Waals surface area (Å²) in [4.78, 5) is 12.1. The first-order chi connectivity index (χ1) is 11.1. The summed E-state index contributed by atoms with van der Waals surface area (Å²) >= 11 is 6.04. The maximum absolute atomic E-state index is 12.2. The number of carbonyl (C=O) groups is 1. The summed E-state index contributed by atoms with van der Waals surface area (Å²) < 4.78 is 29.2. The number of hydrogen-bond acceptors (Lipinski definition) is 5. The predicted molar refractivity (Wildman–Crippen MR) is 93.4 cm³/mol. The molecule has 0 heterocycles. The average molecular weight is 368 g/mol. The van der Waals surface area contributed by atoms with Gasteiger partial charge in [-0.2, -0.15) is 8.42 Å². The zero-order valence-corrected chi connectivity index (χ0v) is 15.4. The molecule has 0 aliphatic heterocycles. The van der Waals surface area contributed by atoms with Crippen molar-refractivity contribution in [1.82, 2.24) is 0 Å². The third-order valence-electron chi connectivity index (χ3n) is 3.63. The van der Waals surface area contributed by atoms with Crippen molar-refractivity contribution in [3.63, 3.8) is 0 Å². The molecule has 0 saturated heterocycles. The van der Waals surface area contributed by atoms with Gasteiger partial charge in [-0.25, -0.2) is 0 Å². The highest BCUT2D eigenvalue weighted by molar-refractivity contribution is 7.86. The van der Waals surface area contributed by atoms with Crippen LogP contribution in [0.5, 0.6) is 0 Å². The van der Waals surface area contributed by atoms with Crippen molar-refractivity contribution >= 4 is 33.2 Å². The molecule has 2 rings (SSSR count). The van der Waals surface area contributed by atoms with Crippen molar-refractivity contribution in [2.24, 2.45) is 11.1 Å². The Morgan fingerprint density at radius 1 is 1.12 bits per heavy atom. The maximum Gasteiger partial charge on any atom is 0.358 e. The predicted octanol–water partition coefficient (Wildman–Crippen LogP) is 3.73. The molecule has 1 aliphatic carbocycles. The van der Waals surface area contributed by atoms with Crippen LogP contribution in [0.2, 0.25) is 0 Å². The van der Waals surface area contributed by atoms with Crippen LogP contribution in [0.3, 0.4) is 0 Å². The second kappa shape index (κ2) is 6.91. The molecule has 1 aromatic rings. The minimum absolute atomic E-state index is 0.00475. The molecule has 7 heteroatoms. The number of rotatable bonds is 4. The van der Waals surface area contributed by atoms with Crippen molar-refractivity contribution in [3.05, 3.63) is 52.1 Å². The van der Waals surface area contributed by atoms with E-state index in [2.05, 4.69) is 5.16 Å². The SMILES string of the molecule is CC1=C(Cl)C(=O)C(C(C)C)=C/C1=N/OS(=O)(=O)c1ccc(C)cc1. The zero-order valence-electron chi connectivity index (χ0n) is 13.8. The van der Waals surface area contributed by atoms with Gasteiger partial charge >= 0.3 is 10.1 Å². The van der Waals surface area contributed by atoms with E-state index in [9.17, 15) is 13.2 Å². The van der Waals surface area contributed by atoms with Crippen LogP contribution in [0.25, 0.3) is 0 Å². The molecule has 128 valence electrons. The molecule has 0 aromatic heterocycles. The molecule has 0 saturated carbocycles. The van der Waals surface area contributed by atoms with Gasteiger partial charge in [0.2, 0.25) is 5.78 Å². The fourth-order valence-electron chi connectivity index (χ4n) is 2.09. The highest BCUT2D eigenvalue weighted by atomic mass is 35.5. The monoisotopic (exact) mass is 367 g/mol. The fraction of sp³-hybridized carbons (Fsp3) is 0.294. The minimum Gasteiger partial charge on any atom is -0.288 e. The van der Waals surface area contributed by atoms with Crippen LogP contribution < -0.4 is 0 Å². The van der Waals surface area contributed by atoms with Crippen molar-refractivity contribution in [3.8, 4) is 0 Å². The normalized spacial score (nSPS) is 17.5. The maximum atomic E-state index is 12.2. The van der Waals surface area contributed by atoms with Crippen molar-refractivity contribution in [2.45, 2.75) is 32.6 Å². The lowest BCUT2D eigenvalue weighted by Crippen LogP contribution is -2.19. The quantitative estimate of drug-likeness (QED) is 0.600. The third-order valence-corrected chi connectivity index (χ3v) is 5.21. The molecule has 1 aromatic carbocycles. The lowest BCUT2D eigenvalue weighted by atomic mass is 9.90. The van der Waals surface area contributed by atoms with Crippen molar-refractivity contribution in [2.75, 3.05) is 0 Å². The van der Waals surface area contributed by atoms with Crippen LogP contribution in [0.1, 0.15) is 26.3 Å². The molecule has 0 amide bonds. The molecule has 0 spiro atoms. The number of hydrogen-bond donors (Lipinski definition) is 0. The first-order valence-electron chi connectivity index (χ1n) is 7.35. The van der Waals surface area contributed by atoms with Crippen molar-refractivity contribution in [1.29, 1.82) is 0 Å². The lowest BCUT2D eigenvalue weighted by molar-refractivity contribution is -0.112. The molecule has 0 unspecified atom stereocenters. The second-order valence-electron chi connectivity index (χ2n) is 5.84. The van der Waals surface area contributed by atoms with Gasteiger partial charge in [0, 0.05) is 11.1 Å². The van der Waals surface area contributed by atoms with Crippen LogP contribution >= 0.6 is 11.6 Å². The van der Waals surface area contributed by atoms with E-state index in [1.54, 1.807) is 19.1 Å². The Hall–Kier alpha value is -1.92. The Morgan fingerprint density at radius 2 is 1.71 bits per heavy atom. The highest BCUT2D eigenvalue weighted by Gasteiger charge is 2.26. The molecule has 24 heavy (non-hydrogen) atoms. The number of benzene rings is 1. The van der Waals surface area contributed by atoms with Gasteiger partial charge < -0.3 is 0 Å². The average Bonchev–Trinajstić information content (AvgIpc) is 2.52. The zero-order chi connectivity index (χ0) is 18.1. The molecule has 0 atom stereocenters. The smallest absolute Gasteiger partial charge is 0.288 e. The number of aryl methyl sites for hydroxylation is 1. The number of ketones is 1. The second-order valence-corrected chi connectivity index (χ2v) is 7.75. The molecule has 0 fully saturated rings. The number of oxime groups is 1. The summed E-state index contributed by atoms with van der Waals surface area (Å²) in [5, 5.41) is 3.73. The summed E-state index contributed by atoms with van der Waals surface area (Å²) in [5.41, 5.74) is 1.99. The van der Waals surface area contributed by atoms with Crippen LogP contribution in [0.15, 0.2) is 56.6 Å². The Bertz CT molecular complexity index is 862. The van der Waals surface area contributed by atoms with E-state index in [1.807, 2.05) is 20.8 Å². The summed E-state index contributed by atoms with van der Waals surface area (Å²) in [7, 11) is -4.04. The number of halogens is 1. The lowest BCUT2D eigenvalue weighted by Gasteiger charge is -2.17. The van der Waals surface area contributed by atoms with Gasteiger partial charge in [0.05, 0.1) is 5.03 Å². The van der Waals surface area contributed by atoms with E-state index >= 15 is 0 Å². The topological polar surface area (TPSA) is 72.8 Å². The van der Waals surface area contributed by atoms with Gasteiger partial charge in [0.15, 0.2) is 0 Å². The Kier molecular flexibility index (Phi) is 5.30. The van der Waals surface area contributed by atoms with E-state index in [1.165, 1.54) is 18.2 Å². The van der Waals surface area contributed by atoms with E-state index in [0.29, 0.717) is 11.1 Å². The summed E-state index contributed by atoms with van der Waals surface area (Å²) in [5.74, 6) is -0.345. The summed E-state index contributed by atoms with van der Waals surface area (Å²) in [6.45, 7) is 7.13. The third kappa shape index (κ3) is 3.76. The van der Waals surface area contributed by atoms with Gasteiger partial charge in [0.1, 0.15) is 10.6 Å². The summed E-state index contributed by atoms with van der Waals surface area (Å²) in [6.07, 6.45) is 1.51. The molecule has 0 radical (unpaired) electrons. The van der Waals surface area contributed by atoms with Crippen LogP contribution in [-0.2, 0) is 19.2 Å². The van der Waals surface area contributed by atoms with E-state index in [4.69, 9.17) is 15.9 Å².